The average Bonchev–Trinajstić information content (AvgIpc) is 2.54. The zero-order valence-corrected chi connectivity index (χ0v) is 12.0. The molecular weight excluding hydrogens is 300 g/mol. The molecule has 0 rings (SSSR count). The largest absolute Gasteiger partial charge is 0.394 e. The standard InChI is InChI=1S/C11H24N4O7/c12-9(14-19)1-3-21-6-8(11(18)7(17)5-16)22-4-2-10(13)15-20/h7-8,11,16-20H,1-6H2,(H2,12,14)(H2,13,15). The van der Waals surface area contributed by atoms with Gasteiger partial charge >= 0.3 is 0 Å². The molecule has 11 heteroatoms. The summed E-state index contributed by atoms with van der Waals surface area (Å²) in [7, 11) is 0. The lowest BCUT2D eigenvalue weighted by Crippen LogP contribution is -2.44. The average molecular weight is 324 g/mol. The molecule has 0 bridgehead atoms. The highest BCUT2D eigenvalue weighted by Gasteiger charge is 2.27. The fourth-order valence-electron chi connectivity index (χ4n) is 1.40. The summed E-state index contributed by atoms with van der Waals surface area (Å²) in [6.07, 6.45) is -3.63. The molecule has 0 aromatic rings. The molecule has 0 saturated heterocycles. The minimum absolute atomic E-state index is 0.0242. The second kappa shape index (κ2) is 12.2. The first-order valence-corrected chi connectivity index (χ1v) is 6.57. The van der Waals surface area contributed by atoms with E-state index in [1.54, 1.807) is 11.0 Å². The van der Waals surface area contributed by atoms with Gasteiger partial charge in [-0.05, 0) is 0 Å². The number of aliphatic hydroxyl groups is 3. The molecule has 0 spiro atoms. The molecule has 22 heavy (non-hydrogen) atoms. The van der Waals surface area contributed by atoms with E-state index in [0.29, 0.717) is 0 Å². The van der Waals surface area contributed by atoms with Gasteiger partial charge in [0.05, 0.1) is 26.4 Å². The van der Waals surface area contributed by atoms with E-state index in [9.17, 15) is 10.2 Å². The second-order valence-corrected chi connectivity index (χ2v) is 4.41. The molecule has 11 nitrogen and oxygen atoms in total. The lowest BCUT2D eigenvalue weighted by atomic mass is 10.1. The first-order chi connectivity index (χ1) is 10.5. The van der Waals surface area contributed by atoms with Gasteiger partial charge in [0.15, 0.2) is 0 Å². The Labute approximate surface area is 127 Å². The zero-order chi connectivity index (χ0) is 17.0. The molecule has 0 radical (unpaired) electrons. The number of aliphatic hydroxyl groups excluding tert-OH is 3. The molecule has 0 aromatic heterocycles. The maximum Gasteiger partial charge on any atom is 0.120 e. The maximum absolute atomic E-state index is 9.83. The molecule has 0 amide bonds. The highest BCUT2D eigenvalue weighted by Crippen LogP contribution is 2.07. The Morgan fingerprint density at radius 3 is 2.05 bits per heavy atom. The summed E-state index contributed by atoms with van der Waals surface area (Å²) < 4.78 is 10.5. The summed E-state index contributed by atoms with van der Waals surface area (Å²) in [5.74, 6) is -0.324. The van der Waals surface area contributed by atoms with Crippen molar-refractivity contribution in [3.63, 3.8) is 0 Å². The fourth-order valence-corrected chi connectivity index (χ4v) is 1.40. The zero-order valence-electron chi connectivity index (χ0n) is 12.0. The van der Waals surface area contributed by atoms with Crippen LogP contribution in [0, 0.1) is 10.8 Å². The first kappa shape index (κ1) is 20.7. The molecule has 3 unspecified atom stereocenters. The van der Waals surface area contributed by atoms with Gasteiger partial charge in [-0.25, -0.2) is 0 Å². The molecule has 0 saturated carbocycles. The van der Waals surface area contributed by atoms with Crippen LogP contribution in [-0.2, 0) is 9.47 Å². The van der Waals surface area contributed by atoms with Crippen molar-refractivity contribution >= 4 is 11.7 Å². The predicted octanol–water partition coefficient (Wildman–Crippen LogP) is -2.21. The van der Waals surface area contributed by atoms with Gasteiger partial charge in [-0.15, -0.1) is 0 Å². The third kappa shape index (κ3) is 8.84. The Balaban J connectivity index is 4.27. The molecule has 0 aliphatic heterocycles. The number of nitrogens with one attached hydrogen (secondary N) is 4. The summed E-state index contributed by atoms with van der Waals surface area (Å²) in [4.78, 5) is 0. The third-order valence-electron chi connectivity index (χ3n) is 2.69. The monoisotopic (exact) mass is 324 g/mol. The van der Waals surface area contributed by atoms with E-state index in [2.05, 4.69) is 0 Å². The molecule has 0 aromatic carbocycles. The van der Waals surface area contributed by atoms with Crippen molar-refractivity contribution in [3.05, 3.63) is 0 Å². The van der Waals surface area contributed by atoms with Crippen LogP contribution in [-0.4, -0.2) is 82.1 Å². The van der Waals surface area contributed by atoms with Crippen LogP contribution in [0.5, 0.6) is 0 Å². The van der Waals surface area contributed by atoms with Gasteiger partial charge in [0, 0.05) is 12.8 Å². The fraction of sp³-hybridized carbons (Fsp3) is 0.818. The van der Waals surface area contributed by atoms with Crippen molar-refractivity contribution in [2.75, 3.05) is 26.4 Å². The van der Waals surface area contributed by atoms with E-state index in [0.717, 1.165) is 0 Å². The van der Waals surface area contributed by atoms with E-state index in [4.69, 9.17) is 35.8 Å². The van der Waals surface area contributed by atoms with Crippen molar-refractivity contribution in [3.8, 4) is 0 Å². The smallest absolute Gasteiger partial charge is 0.120 e. The highest BCUT2D eigenvalue weighted by molar-refractivity contribution is 5.77. The van der Waals surface area contributed by atoms with E-state index >= 15 is 0 Å². The summed E-state index contributed by atoms with van der Waals surface area (Å²) in [6.45, 7) is -0.739. The molecular formula is C11H24N4O7. The number of hydrogen-bond donors (Lipinski definition) is 9. The Bertz CT molecular complexity index is 332. The van der Waals surface area contributed by atoms with Crippen molar-refractivity contribution in [1.29, 1.82) is 10.8 Å². The molecule has 130 valence electrons. The molecule has 0 aliphatic carbocycles. The van der Waals surface area contributed by atoms with Crippen molar-refractivity contribution < 1.29 is 35.2 Å². The van der Waals surface area contributed by atoms with Gasteiger partial charge in [0.25, 0.3) is 0 Å². The lowest BCUT2D eigenvalue weighted by molar-refractivity contribution is -0.124. The number of hydrogen-bond acceptors (Lipinski definition) is 9. The minimum Gasteiger partial charge on any atom is -0.394 e. The Hall–Kier alpha value is -1.34. The molecule has 0 aliphatic rings. The van der Waals surface area contributed by atoms with Crippen molar-refractivity contribution in [1.82, 2.24) is 11.0 Å². The number of ether oxygens (including phenoxy) is 2. The number of hydroxylamine groups is 2. The highest BCUT2D eigenvalue weighted by atomic mass is 16.5. The Morgan fingerprint density at radius 1 is 1.00 bits per heavy atom. The molecule has 0 heterocycles. The molecule has 9 N–H and O–H groups in total. The van der Waals surface area contributed by atoms with Gasteiger partial charge in [0.1, 0.15) is 30.0 Å². The van der Waals surface area contributed by atoms with E-state index in [1.807, 2.05) is 0 Å². The number of amidine groups is 2. The van der Waals surface area contributed by atoms with Gasteiger partial charge < -0.3 is 24.8 Å². The Kier molecular flexibility index (Phi) is 11.5. The number of rotatable bonds is 12. The summed E-state index contributed by atoms with van der Waals surface area (Å²) in [5, 5.41) is 59.3. The maximum atomic E-state index is 9.83. The van der Waals surface area contributed by atoms with Crippen molar-refractivity contribution in [2.45, 2.75) is 31.2 Å². The van der Waals surface area contributed by atoms with Crippen LogP contribution in [0.2, 0.25) is 0 Å². The van der Waals surface area contributed by atoms with Gasteiger partial charge in [-0.3, -0.25) is 32.2 Å². The first-order valence-electron chi connectivity index (χ1n) is 6.57. The molecule has 3 atom stereocenters. The van der Waals surface area contributed by atoms with Gasteiger partial charge in [-0.1, -0.05) is 0 Å². The predicted molar refractivity (Wildman–Crippen MR) is 74.2 cm³/mol. The van der Waals surface area contributed by atoms with Crippen LogP contribution >= 0.6 is 0 Å². The van der Waals surface area contributed by atoms with Crippen LogP contribution in [0.15, 0.2) is 0 Å². The van der Waals surface area contributed by atoms with Crippen LogP contribution in [0.4, 0.5) is 0 Å². The van der Waals surface area contributed by atoms with Gasteiger partial charge in [0.2, 0.25) is 0 Å². The topological polar surface area (TPSA) is 191 Å². The van der Waals surface area contributed by atoms with Crippen LogP contribution in [0.25, 0.3) is 0 Å². The normalized spacial score (nSPS) is 15.0. The third-order valence-corrected chi connectivity index (χ3v) is 2.69. The van der Waals surface area contributed by atoms with Crippen molar-refractivity contribution in [2.24, 2.45) is 0 Å². The summed E-state index contributed by atoms with van der Waals surface area (Å²) in [5.41, 5.74) is 3.29. The van der Waals surface area contributed by atoms with E-state index < -0.39 is 24.9 Å². The Morgan fingerprint density at radius 2 is 1.55 bits per heavy atom. The van der Waals surface area contributed by atoms with E-state index in [-0.39, 0.29) is 44.3 Å². The quantitative estimate of drug-likeness (QED) is 0.0828. The summed E-state index contributed by atoms with van der Waals surface area (Å²) in [6, 6.07) is 0. The van der Waals surface area contributed by atoms with E-state index in [1.165, 1.54) is 0 Å². The van der Waals surface area contributed by atoms with Crippen LogP contribution in [0.1, 0.15) is 12.8 Å². The minimum atomic E-state index is -1.42. The SMILES string of the molecule is N=C(CCOCC(OCCC(=N)NO)C(O)C(O)CO)NO. The molecule has 0 fully saturated rings. The second-order valence-electron chi connectivity index (χ2n) is 4.41. The van der Waals surface area contributed by atoms with Crippen LogP contribution in [0.3, 0.4) is 0 Å². The van der Waals surface area contributed by atoms with Crippen LogP contribution < -0.4 is 11.0 Å². The van der Waals surface area contributed by atoms with Gasteiger partial charge in [-0.2, -0.15) is 0 Å². The summed E-state index contributed by atoms with van der Waals surface area (Å²) >= 11 is 0. The lowest BCUT2D eigenvalue weighted by Gasteiger charge is -2.26.